The van der Waals surface area contributed by atoms with Gasteiger partial charge < -0.3 is 5.32 Å². The molecule has 1 aliphatic carbocycles. The molecule has 1 amide bonds. The van der Waals surface area contributed by atoms with Crippen LogP contribution in [0.1, 0.15) is 32.6 Å². The molecule has 0 aromatic heterocycles. The number of hydrogen-bond acceptors (Lipinski definition) is 1. The molecule has 3 heteroatoms. The summed E-state index contributed by atoms with van der Waals surface area (Å²) in [6.07, 6.45) is 2.61. The van der Waals surface area contributed by atoms with Gasteiger partial charge in [-0.25, -0.2) is 4.39 Å². The Balaban J connectivity index is 2.16. The second kappa shape index (κ2) is 3.20. The molecular formula is C8H14FNO. The van der Waals surface area contributed by atoms with E-state index in [-0.39, 0.29) is 12.5 Å². The molecule has 0 saturated heterocycles. The highest BCUT2D eigenvalue weighted by Crippen LogP contribution is 2.34. The first kappa shape index (κ1) is 8.50. The molecule has 0 heterocycles. The monoisotopic (exact) mass is 159 g/mol. The molecule has 0 radical (unpaired) electrons. The average Bonchev–Trinajstić information content (AvgIpc) is 1.96. The van der Waals surface area contributed by atoms with Gasteiger partial charge in [-0.1, -0.05) is 6.92 Å². The largest absolute Gasteiger partial charge is 0.353 e. The maximum Gasteiger partial charge on any atom is 0.219 e. The molecule has 0 spiro atoms. The van der Waals surface area contributed by atoms with E-state index in [1.54, 1.807) is 6.92 Å². The Kier molecular flexibility index (Phi) is 2.47. The normalized spacial score (nSPS) is 20.5. The fraction of sp³-hybridized carbons (Fsp3) is 0.875. The van der Waals surface area contributed by atoms with Crippen LogP contribution in [0.3, 0.4) is 0 Å². The Hall–Kier alpha value is -0.600. The van der Waals surface area contributed by atoms with Gasteiger partial charge in [-0.2, -0.15) is 0 Å². The van der Waals surface area contributed by atoms with Crippen LogP contribution in [-0.4, -0.2) is 18.1 Å². The van der Waals surface area contributed by atoms with Gasteiger partial charge in [-0.05, 0) is 19.3 Å². The van der Waals surface area contributed by atoms with Crippen molar-refractivity contribution in [2.75, 3.05) is 6.54 Å². The predicted octanol–water partition coefficient (Wildman–Crippen LogP) is 1.40. The van der Waals surface area contributed by atoms with Gasteiger partial charge in [0.25, 0.3) is 0 Å². The second-order valence-corrected chi connectivity index (χ2v) is 3.13. The number of carbonyl (C=O) groups is 1. The minimum atomic E-state index is -1.08. The van der Waals surface area contributed by atoms with Gasteiger partial charge >= 0.3 is 0 Å². The quantitative estimate of drug-likeness (QED) is 0.662. The second-order valence-electron chi connectivity index (χ2n) is 3.13. The molecule has 1 saturated carbocycles. The minimum absolute atomic E-state index is 0.0612. The lowest BCUT2D eigenvalue weighted by molar-refractivity contribution is -0.121. The standard InChI is InChI=1S/C8H14FNO/c1-2-7(11)10-6-8(9)4-3-5-8/h2-6H2,1H3,(H,10,11). The summed E-state index contributed by atoms with van der Waals surface area (Å²) in [5.74, 6) is -0.0612. The van der Waals surface area contributed by atoms with Gasteiger partial charge in [0.15, 0.2) is 0 Å². The molecule has 0 atom stereocenters. The minimum Gasteiger partial charge on any atom is -0.353 e. The smallest absolute Gasteiger partial charge is 0.219 e. The van der Waals surface area contributed by atoms with E-state index in [1.165, 1.54) is 0 Å². The van der Waals surface area contributed by atoms with E-state index in [4.69, 9.17) is 0 Å². The predicted molar refractivity (Wildman–Crippen MR) is 41.0 cm³/mol. The number of hydrogen-bond donors (Lipinski definition) is 1. The van der Waals surface area contributed by atoms with Gasteiger partial charge in [0.2, 0.25) is 5.91 Å². The summed E-state index contributed by atoms with van der Waals surface area (Å²) in [7, 11) is 0. The van der Waals surface area contributed by atoms with Crippen LogP contribution < -0.4 is 5.32 Å². The Bertz CT molecular complexity index is 154. The van der Waals surface area contributed by atoms with Crippen LogP contribution in [-0.2, 0) is 4.79 Å². The molecule has 1 N–H and O–H groups in total. The van der Waals surface area contributed by atoms with Crippen molar-refractivity contribution in [3.8, 4) is 0 Å². The summed E-state index contributed by atoms with van der Waals surface area (Å²) in [6.45, 7) is 1.97. The van der Waals surface area contributed by atoms with Crippen LogP contribution in [0, 0.1) is 0 Å². The zero-order chi connectivity index (χ0) is 8.32. The third-order valence-electron chi connectivity index (χ3n) is 2.17. The first-order valence-electron chi connectivity index (χ1n) is 4.12. The van der Waals surface area contributed by atoms with Gasteiger partial charge in [-0.15, -0.1) is 0 Å². The number of carbonyl (C=O) groups excluding carboxylic acids is 1. The molecule has 1 fully saturated rings. The first-order chi connectivity index (χ1) is 5.16. The van der Waals surface area contributed by atoms with Gasteiger partial charge in [-0.3, -0.25) is 4.79 Å². The van der Waals surface area contributed by atoms with Crippen molar-refractivity contribution in [2.24, 2.45) is 0 Å². The zero-order valence-electron chi connectivity index (χ0n) is 6.82. The van der Waals surface area contributed by atoms with Crippen LogP contribution in [0.4, 0.5) is 4.39 Å². The number of alkyl halides is 1. The van der Waals surface area contributed by atoms with E-state index >= 15 is 0 Å². The molecule has 0 aromatic carbocycles. The summed E-state index contributed by atoms with van der Waals surface area (Å²) in [6, 6.07) is 0. The topological polar surface area (TPSA) is 29.1 Å². The van der Waals surface area contributed by atoms with Crippen molar-refractivity contribution < 1.29 is 9.18 Å². The number of amides is 1. The van der Waals surface area contributed by atoms with Crippen molar-refractivity contribution >= 4 is 5.91 Å². The summed E-state index contributed by atoms with van der Waals surface area (Å²) in [4.78, 5) is 10.7. The molecule has 1 rings (SSSR count). The van der Waals surface area contributed by atoms with E-state index < -0.39 is 5.67 Å². The lowest BCUT2D eigenvalue weighted by Crippen LogP contribution is -2.44. The van der Waals surface area contributed by atoms with E-state index in [0.29, 0.717) is 19.3 Å². The van der Waals surface area contributed by atoms with E-state index in [0.717, 1.165) is 6.42 Å². The third kappa shape index (κ3) is 2.17. The fourth-order valence-electron chi connectivity index (χ4n) is 1.12. The van der Waals surface area contributed by atoms with Gasteiger partial charge in [0, 0.05) is 6.42 Å². The summed E-state index contributed by atoms with van der Waals surface area (Å²) in [5, 5.41) is 2.56. The number of rotatable bonds is 3. The summed E-state index contributed by atoms with van der Waals surface area (Å²) >= 11 is 0. The summed E-state index contributed by atoms with van der Waals surface area (Å²) < 4.78 is 13.2. The van der Waals surface area contributed by atoms with Crippen molar-refractivity contribution in [1.82, 2.24) is 5.32 Å². The number of halogens is 1. The lowest BCUT2D eigenvalue weighted by atomic mass is 9.82. The molecule has 1 aliphatic rings. The van der Waals surface area contributed by atoms with Crippen molar-refractivity contribution in [1.29, 1.82) is 0 Å². The molecule has 64 valence electrons. The molecule has 2 nitrogen and oxygen atoms in total. The lowest BCUT2D eigenvalue weighted by Gasteiger charge is -2.33. The average molecular weight is 159 g/mol. The molecular weight excluding hydrogens is 145 g/mol. The van der Waals surface area contributed by atoms with E-state index in [1.807, 2.05) is 0 Å². The molecule has 0 bridgehead atoms. The molecule has 0 aromatic rings. The maximum absolute atomic E-state index is 13.2. The SMILES string of the molecule is CCC(=O)NCC1(F)CCC1. The highest BCUT2D eigenvalue weighted by atomic mass is 19.1. The van der Waals surface area contributed by atoms with E-state index in [9.17, 15) is 9.18 Å². The Labute approximate surface area is 66.2 Å². The zero-order valence-corrected chi connectivity index (χ0v) is 6.82. The van der Waals surface area contributed by atoms with Gasteiger partial charge in [0.1, 0.15) is 5.67 Å². The van der Waals surface area contributed by atoms with Crippen molar-refractivity contribution in [3.05, 3.63) is 0 Å². The van der Waals surface area contributed by atoms with Crippen LogP contribution in [0.2, 0.25) is 0 Å². The third-order valence-corrected chi connectivity index (χ3v) is 2.17. The van der Waals surface area contributed by atoms with E-state index in [2.05, 4.69) is 5.32 Å². The Morgan fingerprint density at radius 1 is 1.64 bits per heavy atom. The van der Waals surface area contributed by atoms with Crippen LogP contribution in [0.15, 0.2) is 0 Å². The maximum atomic E-state index is 13.2. The van der Waals surface area contributed by atoms with Crippen LogP contribution in [0.25, 0.3) is 0 Å². The molecule has 0 unspecified atom stereocenters. The highest BCUT2D eigenvalue weighted by molar-refractivity contribution is 5.75. The molecule has 0 aliphatic heterocycles. The number of nitrogens with one attached hydrogen (secondary N) is 1. The highest BCUT2D eigenvalue weighted by Gasteiger charge is 2.36. The van der Waals surface area contributed by atoms with Crippen molar-refractivity contribution in [3.63, 3.8) is 0 Å². The summed E-state index contributed by atoms with van der Waals surface area (Å²) in [5.41, 5.74) is -1.08. The fourth-order valence-corrected chi connectivity index (χ4v) is 1.12. The Morgan fingerprint density at radius 3 is 2.64 bits per heavy atom. The van der Waals surface area contributed by atoms with Crippen LogP contribution >= 0.6 is 0 Å². The van der Waals surface area contributed by atoms with Gasteiger partial charge in [0.05, 0.1) is 6.54 Å². The first-order valence-corrected chi connectivity index (χ1v) is 4.12. The van der Waals surface area contributed by atoms with Crippen molar-refractivity contribution in [2.45, 2.75) is 38.3 Å². The van der Waals surface area contributed by atoms with Crippen LogP contribution in [0.5, 0.6) is 0 Å². The molecule has 11 heavy (non-hydrogen) atoms. The Morgan fingerprint density at radius 2 is 2.27 bits per heavy atom.